The van der Waals surface area contributed by atoms with Crippen LogP contribution in [0.1, 0.15) is 0 Å². The summed E-state index contributed by atoms with van der Waals surface area (Å²) >= 11 is 0. The summed E-state index contributed by atoms with van der Waals surface area (Å²) in [5.41, 5.74) is 8.36. The van der Waals surface area contributed by atoms with Gasteiger partial charge in [0.2, 0.25) is 0 Å². The Morgan fingerprint density at radius 2 is 1.60 bits per heavy atom. The van der Waals surface area contributed by atoms with E-state index in [2.05, 4.69) is 4.98 Å². The summed E-state index contributed by atoms with van der Waals surface area (Å²) in [5.74, 6) is 0.266. The number of H-pyrrole nitrogens is 1. The normalized spacial score (nSPS) is 11.2. The molecule has 0 atom stereocenters. The Labute approximate surface area is 86.1 Å². The van der Waals surface area contributed by atoms with Crippen molar-refractivity contribution in [1.29, 1.82) is 0 Å². The predicted octanol–water partition coefficient (Wildman–Crippen LogP) is 2.61. The zero-order chi connectivity index (χ0) is 10.4. The Hall–Kier alpha value is -2.16. The van der Waals surface area contributed by atoms with Gasteiger partial charge in [0.05, 0.1) is 5.52 Å². The lowest BCUT2D eigenvalue weighted by atomic mass is 10.1. The van der Waals surface area contributed by atoms with Crippen LogP contribution in [-0.4, -0.2) is 10.1 Å². The molecule has 0 spiro atoms. The fourth-order valence-electron chi connectivity index (χ4n) is 1.92. The third-order valence-corrected chi connectivity index (χ3v) is 2.61. The topological polar surface area (TPSA) is 62.0 Å². The number of nitrogen functional groups attached to an aromatic ring is 1. The third kappa shape index (κ3) is 1.13. The number of fused-ring (bicyclic) bond motifs is 3. The van der Waals surface area contributed by atoms with Gasteiger partial charge in [-0.1, -0.05) is 6.07 Å². The lowest BCUT2D eigenvalue weighted by molar-refractivity contribution is 0.476. The minimum absolute atomic E-state index is 0.266. The van der Waals surface area contributed by atoms with E-state index in [1.165, 1.54) is 0 Å². The van der Waals surface area contributed by atoms with E-state index in [9.17, 15) is 5.11 Å². The monoisotopic (exact) mass is 198 g/mol. The van der Waals surface area contributed by atoms with Gasteiger partial charge in [-0.3, -0.25) is 0 Å². The highest BCUT2D eigenvalue weighted by molar-refractivity contribution is 6.08. The second kappa shape index (κ2) is 2.67. The fourth-order valence-corrected chi connectivity index (χ4v) is 1.92. The van der Waals surface area contributed by atoms with Crippen LogP contribution in [0.3, 0.4) is 0 Å². The third-order valence-electron chi connectivity index (χ3n) is 2.61. The van der Waals surface area contributed by atoms with Crippen molar-refractivity contribution in [2.75, 3.05) is 5.73 Å². The van der Waals surface area contributed by atoms with E-state index in [1.54, 1.807) is 12.1 Å². The van der Waals surface area contributed by atoms with Crippen molar-refractivity contribution < 1.29 is 5.11 Å². The summed E-state index contributed by atoms with van der Waals surface area (Å²) in [6.45, 7) is 0. The maximum atomic E-state index is 9.37. The molecule has 74 valence electrons. The zero-order valence-corrected chi connectivity index (χ0v) is 7.99. The second-order valence-electron chi connectivity index (χ2n) is 3.66. The number of hydrogen-bond donors (Lipinski definition) is 3. The molecule has 0 saturated carbocycles. The number of nitrogens with one attached hydrogen (secondary N) is 1. The molecule has 15 heavy (non-hydrogen) atoms. The van der Waals surface area contributed by atoms with Gasteiger partial charge in [0.15, 0.2) is 0 Å². The van der Waals surface area contributed by atoms with Crippen molar-refractivity contribution in [3.8, 4) is 5.75 Å². The molecule has 3 rings (SSSR count). The minimum atomic E-state index is 0.266. The number of nitrogens with two attached hydrogens (primary N) is 1. The minimum Gasteiger partial charge on any atom is -0.508 e. The van der Waals surface area contributed by atoms with Gasteiger partial charge in [-0.25, -0.2) is 0 Å². The van der Waals surface area contributed by atoms with Crippen LogP contribution in [0.4, 0.5) is 5.69 Å². The number of aromatic hydroxyl groups is 1. The van der Waals surface area contributed by atoms with Crippen LogP contribution < -0.4 is 5.73 Å². The molecule has 0 saturated heterocycles. The van der Waals surface area contributed by atoms with E-state index < -0.39 is 0 Å². The Morgan fingerprint density at radius 1 is 0.933 bits per heavy atom. The van der Waals surface area contributed by atoms with Crippen LogP contribution in [0.25, 0.3) is 21.8 Å². The number of phenolic OH excluding ortho intramolecular Hbond substituents is 1. The van der Waals surface area contributed by atoms with Gasteiger partial charge in [0.1, 0.15) is 5.75 Å². The SMILES string of the molecule is Nc1ccc2c(c1)[nH]c1cc(O)ccc12. The number of hydrogen-bond acceptors (Lipinski definition) is 2. The number of aromatic nitrogens is 1. The molecule has 0 unspecified atom stereocenters. The summed E-state index contributed by atoms with van der Waals surface area (Å²) in [4.78, 5) is 3.22. The lowest BCUT2D eigenvalue weighted by Gasteiger charge is -1.93. The Morgan fingerprint density at radius 3 is 2.40 bits per heavy atom. The van der Waals surface area contributed by atoms with Gasteiger partial charge in [-0.15, -0.1) is 0 Å². The van der Waals surface area contributed by atoms with Gasteiger partial charge in [-0.2, -0.15) is 0 Å². The highest BCUT2D eigenvalue weighted by Crippen LogP contribution is 2.28. The van der Waals surface area contributed by atoms with E-state index in [0.29, 0.717) is 0 Å². The first kappa shape index (κ1) is 8.17. The van der Waals surface area contributed by atoms with Crippen molar-refractivity contribution in [2.24, 2.45) is 0 Å². The van der Waals surface area contributed by atoms with Crippen LogP contribution in [-0.2, 0) is 0 Å². The molecule has 1 aromatic heterocycles. The van der Waals surface area contributed by atoms with E-state index in [-0.39, 0.29) is 5.75 Å². The quantitative estimate of drug-likeness (QED) is 0.486. The molecule has 0 bridgehead atoms. The van der Waals surface area contributed by atoms with Gasteiger partial charge in [-0.05, 0) is 24.3 Å². The van der Waals surface area contributed by atoms with Crippen molar-refractivity contribution in [1.82, 2.24) is 4.98 Å². The summed E-state index contributed by atoms with van der Waals surface area (Å²) in [6.07, 6.45) is 0. The smallest absolute Gasteiger partial charge is 0.117 e. The molecule has 0 aliphatic carbocycles. The van der Waals surface area contributed by atoms with Crippen LogP contribution in [0.5, 0.6) is 5.75 Å². The number of anilines is 1. The van der Waals surface area contributed by atoms with Crippen LogP contribution >= 0.6 is 0 Å². The van der Waals surface area contributed by atoms with E-state index >= 15 is 0 Å². The molecule has 3 nitrogen and oxygen atoms in total. The van der Waals surface area contributed by atoms with E-state index in [4.69, 9.17) is 5.73 Å². The number of rotatable bonds is 0. The van der Waals surface area contributed by atoms with E-state index in [0.717, 1.165) is 27.5 Å². The molecule has 2 aromatic carbocycles. The summed E-state index contributed by atoms with van der Waals surface area (Å²) in [6, 6.07) is 11.1. The number of benzene rings is 2. The summed E-state index contributed by atoms with van der Waals surface area (Å²) in [5, 5.41) is 11.6. The average Bonchev–Trinajstić information content (AvgIpc) is 2.53. The van der Waals surface area contributed by atoms with Crippen molar-refractivity contribution >= 4 is 27.5 Å². The molecule has 0 radical (unpaired) electrons. The molecule has 0 aliphatic heterocycles. The van der Waals surface area contributed by atoms with E-state index in [1.807, 2.05) is 24.3 Å². The van der Waals surface area contributed by atoms with Gasteiger partial charge in [0.25, 0.3) is 0 Å². The molecule has 0 fully saturated rings. The largest absolute Gasteiger partial charge is 0.508 e. The van der Waals surface area contributed by atoms with Gasteiger partial charge in [0, 0.05) is 28.0 Å². The summed E-state index contributed by atoms with van der Waals surface area (Å²) in [7, 11) is 0. The maximum absolute atomic E-state index is 9.37. The molecule has 4 N–H and O–H groups in total. The van der Waals surface area contributed by atoms with Gasteiger partial charge >= 0.3 is 0 Å². The Kier molecular flexibility index (Phi) is 1.45. The van der Waals surface area contributed by atoms with Gasteiger partial charge < -0.3 is 15.8 Å². The predicted molar refractivity (Wildman–Crippen MR) is 61.9 cm³/mol. The van der Waals surface area contributed by atoms with Crippen molar-refractivity contribution in [3.63, 3.8) is 0 Å². The fraction of sp³-hybridized carbons (Fsp3) is 0. The Balaban J connectivity index is 2.51. The first-order valence-corrected chi connectivity index (χ1v) is 4.74. The first-order valence-electron chi connectivity index (χ1n) is 4.74. The Bertz CT molecular complexity index is 599. The standard InChI is InChI=1S/C12H10N2O/c13-7-1-3-9-10-4-2-8(15)6-12(10)14-11(9)5-7/h1-6,14-15H,13H2. The molecular weight excluding hydrogens is 188 g/mol. The summed E-state index contributed by atoms with van der Waals surface area (Å²) < 4.78 is 0. The lowest BCUT2D eigenvalue weighted by Crippen LogP contribution is -1.81. The molecule has 0 aliphatic rings. The van der Waals surface area contributed by atoms with Crippen molar-refractivity contribution in [3.05, 3.63) is 36.4 Å². The highest BCUT2D eigenvalue weighted by Gasteiger charge is 2.04. The highest BCUT2D eigenvalue weighted by atomic mass is 16.3. The first-order chi connectivity index (χ1) is 7.24. The molecule has 3 heteroatoms. The average molecular weight is 198 g/mol. The molecule has 1 heterocycles. The zero-order valence-electron chi connectivity index (χ0n) is 7.99. The molecule has 3 aromatic rings. The second-order valence-corrected chi connectivity index (χ2v) is 3.66. The molecule has 0 amide bonds. The van der Waals surface area contributed by atoms with Crippen LogP contribution in [0, 0.1) is 0 Å². The van der Waals surface area contributed by atoms with Crippen molar-refractivity contribution in [2.45, 2.75) is 0 Å². The molecular formula is C12H10N2O. The van der Waals surface area contributed by atoms with Crippen LogP contribution in [0.2, 0.25) is 0 Å². The maximum Gasteiger partial charge on any atom is 0.117 e. The number of phenols is 1. The number of aromatic amines is 1. The van der Waals surface area contributed by atoms with Crippen LogP contribution in [0.15, 0.2) is 36.4 Å².